The van der Waals surface area contributed by atoms with Crippen molar-refractivity contribution >= 4 is 41.5 Å². The summed E-state index contributed by atoms with van der Waals surface area (Å²) in [7, 11) is 3.65. The first-order valence-corrected chi connectivity index (χ1v) is 10.7. The van der Waals surface area contributed by atoms with Crippen LogP contribution in [0.25, 0.3) is 0 Å². The first kappa shape index (κ1) is 26.3. The summed E-state index contributed by atoms with van der Waals surface area (Å²) in [5.74, 6) is 2.33. The van der Waals surface area contributed by atoms with Crippen LogP contribution in [-0.4, -0.2) is 81.6 Å². The number of likely N-dealkylation sites (N-methyl/N-ethyl adjacent to an activating group) is 2. The molecule has 1 aromatic carbocycles. The number of hydrogen-bond acceptors (Lipinski definition) is 4. The molecular weight excluding hydrogens is 493 g/mol. The Morgan fingerprint density at radius 3 is 2.60 bits per heavy atom. The Morgan fingerprint density at radius 1 is 1.27 bits per heavy atom. The molecule has 1 aliphatic rings. The van der Waals surface area contributed by atoms with E-state index in [9.17, 15) is 4.79 Å². The van der Waals surface area contributed by atoms with Gasteiger partial charge in [-0.2, -0.15) is 0 Å². The molecule has 1 N–H and O–H groups in total. The average molecular weight is 531 g/mol. The van der Waals surface area contributed by atoms with Crippen LogP contribution in [0.2, 0.25) is 0 Å². The Labute approximate surface area is 198 Å². The first-order chi connectivity index (χ1) is 14.0. The lowest BCUT2D eigenvalue weighted by Crippen LogP contribution is -2.45. The second-order valence-corrected chi connectivity index (χ2v) is 7.39. The second-order valence-electron chi connectivity index (χ2n) is 7.39. The van der Waals surface area contributed by atoms with Gasteiger partial charge in [0.1, 0.15) is 5.75 Å². The van der Waals surface area contributed by atoms with Crippen LogP contribution in [0.4, 0.5) is 5.69 Å². The number of carbonyl (C=O) groups excluding carboxylic acids is 1. The zero-order valence-corrected chi connectivity index (χ0v) is 21.4. The highest BCUT2D eigenvalue weighted by Crippen LogP contribution is 2.31. The number of aliphatic imine (C=N–C) groups is 1. The maximum absolute atomic E-state index is 12.4. The van der Waals surface area contributed by atoms with Gasteiger partial charge in [0.2, 0.25) is 5.91 Å². The molecule has 0 aromatic heterocycles. The number of nitrogens with zero attached hydrogens (tertiary/aromatic N) is 4. The normalized spacial score (nSPS) is 16.1. The highest BCUT2D eigenvalue weighted by Gasteiger charge is 2.25. The fourth-order valence-corrected chi connectivity index (χ4v) is 3.73. The highest BCUT2D eigenvalue weighted by atomic mass is 127. The first-order valence-electron chi connectivity index (χ1n) is 10.7. The predicted molar refractivity (Wildman–Crippen MR) is 135 cm³/mol. The molecule has 1 heterocycles. The summed E-state index contributed by atoms with van der Waals surface area (Å²) < 4.78 is 5.51. The van der Waals surface area contributed by atoms with Gasteiger partial charge >= 0.3 is 0 Å². The lowest BCUT2D eigenvalue weighted by atomic mass is 10.1. The maximum atomic E-state index is 12.4. The molecule has 0 spiro atoms. The van der Waals surface area contributed by atoms with E-state index in [1.54, 1.807) is 7.11 Å². The van der Waals surface area contributed by atoms with E-state index in [2.05, 4.69) is 29.3 Å². The van der Waals surface area contributed by atoms with E-state index >= 15 is 0 Å². The lowest BCUT2D eigenvalue weighted by Gasteiger charge is -2.26. The molecule has 0 aliphatic carbocycles. The van der Waals surface area contributed by atoms with Gasteiger partial charge in [-0.15, -0.1) is 24.0 Å². The number of anilines is 1. The third-order valence-corrected chi connectivity index (χ3v) is 5.40. The van der Waals surface area contributed by atoms with E-state index in [-0.39, 0.29) is 29.9 Å². The molecule has 1 saturated heterocycles. The number of guanidine groups is 1. The van der Waals surface area contributed by atoms with E-state index in [0.29, 0.717) is 12.5 Å². The van der Waals surface area contributed by atoms with E-state index < -0.39 is 0 Å². The summed E-state index contributed by atoms with van der Waals surface area (Å²) in [5.41, 5.74) is 1.15. The molecular formula is C22H38IN5O2. The molecule has 1 unspecified atom stereocenters. The number of hydrogen-bond donors (Lipinski definition) is 1. The minimum atomic E-state index is 0. The summed E-state index contributed by atoms with van der Waals surface area (Å²) in [5, 5.41) is 3.32. The van der Waals surface area contributed by atoms with Crippen molar-refractivity contribution in [2.24, 2.45) is 10.9 Å². The molecule has 0 bridgehead atoms. The molecule has 1 amide bonds. The van der Waals surface area contributed by atoms with Crippen molar-refractivity contribution in [2.75, 3.05) is 64.9 Å². The van der Waals surface area contributed by atoms with Crippen LogP contribution in [0, 0.1) is 5.92 Å². The molecule has 170 valence electrons. The van der Waals surface area contributed by atoms with Gasteiger partial charge in [0.15, 0.2) is 5.96 Å². The fourth-order valence-electron chi connectivity index (χ4n) is 3.73. The molecule has 1 atom stereocenters. The Hall–Kier alpha value is -1.71. The topological polar surface area (TPSA) is 60.4 Å². The third-order valence-electron chi connectivity index (χ3n) is 5.40. The molecule has 1 aromatic rings. The Balaban J connectivity index is 0.00000450. The molecule has 1 aliphatic heterocycles. The van der Waals surface area contributed by atoms with Crippen molar-refractivity contribution in [3.05, 3.63) is 24.3 Å². The number of nitrogens with one attached hydrogen (secondary N) is 1. The second kappa shape index (κ2) is 13.6. The maximum Gasteiger partial charge on any atom is 0.242 e. The summed E-state index contributed by atoms with van der Waals surface area (Å²) in [6.45, 7) is 11.4. The SMILES string of the molecule is CCNC(=NCC1CCN(c2ccccc2OC)C1)N(C)CC(=O)N(CC)CC.I. The van der Waals surface area contributed by atoms with Crippen molar-refractivity contribution in [3.8, 4) is 5.75 Å². The molecule has 2 rings (SSSR count). The number of methoxy groups -OCH3 is 1. The summed E-state index contributed by atoms with van der Waals surface area (Å²) in [6.07, 6.45) is 1.10. The van der Waals surface area contributed by atoms with Gasteiger partial charge < -0.3 is 24.8 Å². The molecule has 30 heavy (non-hydrogen) atoms. The zero-order chi connectivity index (χ0) is 21.2. The summed E-state index contributed by atoms with van der Waals surface area (Å²) >= 11 is 0. The number of para-hydroxylation sites is 2. The van der Waals surface area contributed by atoms with Crippen LogP contribution in [-0.2, 0) is 4.79 Å². The Morgan fingerprint density at radius 2 is 1.97 bits per heavy atom. The van der Waals surface area contributed by atoms with Gasteiger partial charge in [-0.25, -0.2) is 0 Å². The molecule has 8 heteroatoms. The number of carbonyl (C=O) groups is 1. The van der Waals surface area contributed by atoms with E-state index in [0.717, 1.165) is 63.1 Å². The largest absolute Gasteiger partial charge is 0.495 e. The number of benzene rings is 1. The van der Waals surface area contributed by atoms with Crippen molar-refractivity contribution in [1.82, 2.24) is 15.1 Å². The van der Waals surface area contributed by atoms with Gasteiger partial charge in [0, 0.05) is 46.3 Å². The minimum absolute atomic E-state index is 0. The lowest BCUT2D eigenvalue weighted by molar-refractivity contribution is -0.131. The van der Waals surface area contributed by atoms with Crippen LogP contribution in [0.5, 0.6) is 5.75 Å². The summed E-state index contributed by atoms with van der Waals surface area (Å²) in [4.78, 5) is 23.4. The van der Waals surface area contributed by atoms with Crippen molar-refractivity contribution in [2.45, 2.75) is 27.2 Å². The van der Waals surface area contributed by atoms with Crippen molar-refractivity contribution in [1.29, 1.82) is 0 Å². The molecule has 0 radical (unpaired) electrons. The number of amides is 1. The monoisotopic (exact) mass is 531 g/mol. The van der Waals surface area contributed by atoms with Crippen LogP contribution >= 0.6 is 24.0 Å². The van der Waals surface area contributed by atoms with Crippen LogP contribution in [0.3, 0.4) is 0 Å². The van der Waals surface area contributed by atoms with Crippen LogP contribution < -0.4 is 15.0 Å². The van der Waals surface area contributed by atoms with Gasteiger partial charge in [0.25, 0.3) is 0 Å². The summed E-state index contributed by atoms with van der Waals surface area (Å²) in [6, 6.07) is 8.17. The zero-order valence-electron chi connectivity index (χ0n) is 19.1. The number of rotatable bonds is 9. The smallest absolute Gasteiger partial charge is 0.242 e. The fraction of sp³-hybridized carbons (Fsp3) is 0.636. The Bertz CT molecular complexity index is 681. The van der Waals surface area contributed by atoms with Gasteiger partial charge in [-0.3, -0.25) is 9.79 Å². The standard InChI is InChI=1S/C22H37N5O2.HI/c1-6-23-22(25(4)17-21(28)26(7-2)8-3)24-15-18-13-14-27(16-18)19-11-9-10-12-20(19)29-5;/h9-12,18H,6-8,13-17H2,1-5H3,(H,23,24);1H. The van der Waals surface area contributed by atoms with E-state index in [1.165, 1.54) is 0 Å². The number of ether oxygens (including phenoxy) is 1. The average Bonchev–Trinajstić information content (AvgIpc) is 3.20. The van der Waals surface area contributed by atoms with Gasteiger partial charge in [0.05, 0.1) is 19.3 Å². The van der Waals surface area contributed by atoms with Crippen molar-refractivity contribution < 1.29 is 9.53 Å². The predicted octanol–water partition coefficient (Wildman–Crippen LogP) is 2.91. The molecule has 0 saturated carbocycles. The van der Waals surface area contributed by atoms with Crippen LogP contribution in [0.1, 0.15) is 27.2 Å². The van der Waals surface area contributed by atoms with Gasteiger partial charge in [-0.1, -0.05) is 12.1 Å². The van der Waals surface area contributed by atoms with Crippen LogP contribution in [0.15, 0.2) is 29.3 Å². The van der Waals surface area contributed by atoms with E-state index in [4.69, 9.17) is 9.73 Å². The molecule has 1 fully saturated rings. The van der Waals surface area contributed by atoms with Crippen molar-refractivity contribution in [3.63, 3.8) is 0 Å². The highest BCUT2D eigenvalue weighted by molar-refractivity contribution is 14.0. The third kappa shape index (κ3) is 7.21. The Kier molecular flexibility index (Phi) is 11.9. The number of halogens is 1. The van der Waals surface area contributed by atoms with Gasteiger partial charge in [-0.05, 0) is 45.2 Å². The molecule has 7 nitrogen and oxygen atoms in total. The minimum Gasteiger partial charge on any atom is -0.495 e. The van der Waals surface area contributed by atoms with E-state index in [1.807, 2.05) is 42.8 Å². The quantitative estimate of drug-likeness (QED) is 0.302.